The molecule has 0 unspecified atom stereocenters. The number of hydrogen-bond donors (Lipinski definition) is 1. The largest absolute Gasteiger partial charge is 0.391 e. The highest BCUT2D eigenvalue weighted by Gasteiger charge is 2.14. The molecule has 3 rings (SSSR count). The number of aliphatic hydroxyl groups excluding tert-OH is 1. The summed E-state index contributed by atoms with van der Waals surface area (Å²) in [6.07, 6.45) is 12.0. The van der Waals surface area contributed by atoms with Gasteiger partial charge in [0.25, 0.3) is 0 Å². The van der Waals surface area contributed by atoms with Gasteiger partial charge in [0.15, 0.2) is 0 Å². The third kappa shape index (κ3) is 4.33. The highest BCUT2D eigenvalue weighted by Crippen LogP contribution is 2.22. The Morgan fingerprint density at radius 1 is 1.26 bits per heavy atom. The minimum atomic E-state index is -0.313. The molecule has 0 saturated heterocycles. The molecule has 2 aromatic rings. The number of nitrogens with zero attached hydrogens (tertiary/aromatic N) is 4. The van der Waals surface area contributed by atoms with Gasteiger partial charge in [-0.05, 0) is 30.5 Å². The second-order valence-corrected chi connectivity index (χ2v) is 6.21. The third-order valence-electron chi connectivity index (χ3n) is 4.51. The van der Waals surface area contributed by atoms with Gasteiger partial charge in [-0.25, -0.2) is 0 Å². The zero-order valence-electron chi connectivity index (χ0n) is 13.8. The maximum atomic E-state index is 9.72. The van der Waals surface area contributed by atoms with Gasteiger partial charge < -0.3 is 9.67 Å². The summed E-state index contributed by atoms with van der Waals surface area (Å²) >= 11 is 0. The lowest BCUT2D eigenvalue weighted by molar-refractivity contribution is 0.145. The molecule has 0 radical (unpaired) electrons. The standard InChI is InChI=1S/C18H26N4O/c1-2-18(23)15-22-14-17(13-19-22)16-5-9-21(10-6-16)12-11-20-7-3-4-8-20/h3-5,7-8,13-14,18,23H,2,6,9-12,15H2,1H3/t18-/m0/s1. The van der Waals surface area contributed by atoms with Crippen LogP contribution in [0.1, 0.15) is 25.3 Å². The molecule has 23 heavy (non-hydrogen) atoms. The average Bonchev–Trinajstić information content (AvgIpc) is 3.25. The van der Waals surface area contributed by atoms with Crippen LogP contribution in [0.3, 0.4) is 0 Å². The molecule has 0 amide bonds. The predicted molar refractivity (Wildman–Crippen MR) is 92.0 cm³/mol. The molecule has 5 nitrogen and oxygen atoms in total. The van der Waals surface area contributed by atoms with Crippen LogP contribution in [0.25, 0.3) is 5.57 Å². The Bertz CT molecular complexity index is 629. The topological polar surface area (TPSA) is 46.2 Å². The second kappa shape index (κ2) is 7.62. The van der Waals surface area contributed by atoms with Crippen LogP contribution in [0.4, 0.5) is 0 Å². The van der Waals surface area contributed by atoms with E-state index in [4.69, 9.17) is 0 Å². The number of aliphatic hydroxyl groups is 1. The zero-order valence-corrected chi connectivity index (χ0v) is 13.8. The zero-order chi connectivity index (χ0) is 16.1. The molecule has 0 saturated carbocycles. The van der Waals surface area contributed by atoms with Crippen molar-refractivity contribution in [1.82, 2.24) is 19.2 Å². The first-order valence-electron chi connectivity index (χ1n) is 8.47. The van der Waals surface area contributed by atoms with Crippen molar-refractivity contribution in [1.29, 1.82) is 0 Å². The molecule has 5 heteroatoms. The first-order valence-corrected chi connectivity index (χ1v) is 8.47. The summed E-state index contributed by atoms with van der Waals surface area (Å²) in [5, 5.41) is 14.1. The molecule has 1 atom stereocenters. The Morgan fingerprint density at radius 2 is 2.09 bits per heavy atom. The van der Waals surface area contributed by atoms with E-state index >= 15 is 0 Å². The van der Waals surface area contributed by atoms with E-state index in [1.165, 1.54) is 11.1 Å². The Morgan fingerprint density at radius 3 is 2.78 bits per heavy atom. The van der Waals surface area contributed by atoms with Gasteiger partial charge in [0.2, 0.25) is 0 Å². The Hall–Kier alpha value is -1.85. The molecule has 0 aromatic carbocycles. The molecule has 124 valence electrons. The Labute approximate surface area is 137 Å². The fourth-order valence-electron chi connectivity index (χ4n) is 2.93. The van der Waals surface area contributed by atoms with Crippen LogP contribution in [-0.4, -0.2) is 50.1 Å². The highest BCUT2D eigenvalue weighted by molar-refractivity contribution is 5.65. The number of rotatable bonds is 7. The summed E-state index contributed by atoms with van der Waals surface area (Å²) in [7, 11) is 0. The molecule has 2 aromatic heterocycles. The van der Waals surface area contributed by atoms with Crippen LogP contribution in [0.5, 0.6) is 0 Å². The van der Waals surface area contributed by atoms with E-state index < -0.39 is 0 Å². The monoisotopic (exact) mass is 314 g/mol. The number of aromatic nitrogens is 3. The summed E-state index contributed by atoms with van der Waals surface area (Å²) in [5.74, 6) is 0. The third-order valence-corrected chi connectivity index (χ3v) is 4.51. The number of hydrogen-bond acceptors (Lipinski definition) is 3. The quantitative estimate of drug-likeness (QED) is 0.852. The molecule has 0 aliphatic carbocycles. The van der Waals surface area contributed by atoms with Gasteiger partial charge in [-0.15, -0.1) is 0 Å². The van der Waals surface area contributed by atoms with Gasteiger partial charge in [0.1, 0.15) is 0 Å². The first-order chi connectivity index (χ1) is 11.2. The molecular weight excluding hydrogens is 288 g/mol. The lowest BCUT2D eigenvalue weighted by Crippen LogP contribution is -2.31. The highest BCUT2D eigenvalue weighted by atomic mass is 16.3. The summed E-state index contributed by atoms with van der Waals surface area (Å²) < 4.78 is 4.07. The van der Waals surface area contributed by atoms with Crippen molar-refractivity contribution in [3.63, 3.8) is 0 Å². The van der Waals surface area contributed by atoms with E-state index in [9.17, 15) is 5.11 Å². The van der Waals surface area contributed by atoms with Gasteiger partial charge in [-0.3, -0.25) is 9.58 Å². The van der Waals surface area contributed by atoms with Crippen LogP contribution in [0.15, 0.2) is 43.0 Å². The Kier molecular flexibility index (Phi) is 5.31. The maximum Gasteiger partial charge on any atom is 0.0733 e. The van der Waals surface area contributed by atoms with Crippen molar-refractivity contribution < 1.29 is 5.11 Å². The maximum absolute atomic E-state index is 9.72. The van der Waals surface area contributed by atoms with Gasteiger partial charge in [0, 0.05) is 50.3 Å². The fourth-order valence-corrected chi connectivity index (χ4v) is 2.93. The van der Waals surface area contributed by atoms with E-state index in [1.54, 1.807) is 0 Å². The predicted octanol–water partition coefficient (Wildman–Crippen LogP) is 2.24. The van der Waals surface area contributed by atoms with E-state index in [0.717, 1.165) is 39.0 Å². The van der Waals surface area contributed by atoms with Crippen LogP contribution < -0.4 is 0 Å². The van der Waals surface area contributed by atoms with Crippen LogP contribution in [-0.2, 0) is 13.1 Å². The lowest BCUT2D eigenvalue weighted by Gasteiger charge is -2.26. The molecule has 1 aliphatic rings. The van der Waals surface area contributed by atoms with Gasteiger partial charge in [-0.1, -0.05) is 13.0 Å². The average molecular weight is 314 g/mol. The van der Waals surface area contributed by atoms with Crippen molar-refractivity contribution in [2.45, 2.75) is 39.0 Å². The van der Waals surface area contributed by atoms with Crippen LogP contribution >= 0.6 is 0 Å². The first kappa shape index (κ1) is 16.0. The van der Waals surface area contributed by atoms with E-state index in [-0.39, 0.29) is 6.10 Å². The van der Waals surface area contributed by atoms with Crippen molar-refractivity contribution >= 4 is 5.57 Å². The summed E-state index contributed by atoms with van der Waals surface area (Å²) in [4.78, 5) is 2.48. The summed E-state index contributed by atoms with van der Waals surface area (Å²) in [6.45, 7) is 6.78. The summed E-state index contributed by atoms with van der Waals surface area (Å²) in [5.41, 5.74) is 2.57. The normalized spacial score (nSPS) is 17.2. The lowest BCUT2D eigenvalue weighted by atomic mass is 10.0. The van der Waals surface area contributed by atoms with Crippen LogP contribution in [0.2, 0.25) is 0 Å². The molecule has 3 heterocycles. The molecular formula is C18H26N4O. The summed E-state index contributed by atoms with van der Waals surface area (Å²) in [6, 6.07) is 4.14. The van der Waals surface area contributed by atoms with Crippen molar-refractivity contribution in [2.24, 2.45) is 0 Å². The Balaban J connectivity index is 1.52. The minimum Gasteiger partial charge on any atom is -0.391 e. The minimum absolute atomic E-state index is 0.313. The van der Waals surface area contributed by atoms with Gasteiger partial charge >= 0.3 is 0 Å². The molecule has 1 aliphatic heterocycles. The smallest absolute Gasteiger partial charge is 0.0733 e. The molecule has 0 bridgehead atoms. The molecule has 0 spiro atoms. The second-order valence-electron chi connectivity index (χ2n) is 6.21. The van der Waals surface area contributed by atoms with E-state index in [2.05, 4.69) is 51.4 Å². The molecule has 0 fully saturated rings. The SMILES string of the molecule is CC[C@H](O)Cn1cc(C2=CCN(CCn3cccc3)CC2)cn1. The van der Waals surface area contributed by atoms with Crippen LogP contribution in [0, 0.1) is 0 Å². The van der Waals surface area contributed by atoms with Gasteiger partial charge in [-0.2, -0.15) is 5.10 Å². The van der Waals surface area contributed by atoms with Crippen molar-refractivity contribution in [3.05, 3.63) is 48.6 Å². The molecule has 1 N–H and O–H groups in total. The van der Waals surface area contributed by atoms with E-state index in [0.29, 0.717) is 6.54 Å². The van der Waals surface area contributed by atoms with E-state index in [1.807, 2.05) is 17.8 Å². The van der Waals surface area contributed by atoms with Gasteiger partial charge in [0.05, 0.1) is 18.8 Å². The van der Waals surface area contributed by atoms with Crippen molar-refractivity contribution in [3.8, 4) is 0 Å². The fraction of sp³-hybridized carbons (Fsp3) is 0.500. The van der Waals surface area contributed by atoms with Crippen molar-refractivity contribution in [2.75, 3.05) is 19.6 Å².